The van der Waals surface area contributed by atoms with Crippen LogP contribution in [0.15, 0.2) is 60.5 Å². The number of carboxylic acids is 1. The van der Waals surface area contributed by atoms with Gasteiger partial charge in [0.05, 0.1) is 21.2 Å². The van der Waals surface area contributed by atoms with Crippen molar-refractivity contribution in [3.05, 3.63) is 86.8 Å². The minimum atomic E-state index is -1.30. The third-order valence-electron chi connectivity index (χ3n) is 4.60. The Bertz CT molecular complexity index is 1140. The third-order valence-corrected chi connectivity index (χ3v) is 5.72. The number of carbonyl (C=O) groups is 3. The second-order valence-corrected chi connectivity index (χ2v) is 7.92. The number of nitrogens with zero attached hydrogens (tertiary/aromatic N) is 2. The number of hydrogen-bond donors (Lipinski definition) is 3. The van der Waals surface area contributed by atoms with Crippen molar-refractivity contribution in [1.82, 2.24) is 15.2 Å². The molecule has 32 heavy (non-hydrogen) atoms. The first-order chi connectivity index (χ1) is 15.2. The van der Waals surface area contributed by atoms with Gasteiger partial charge in [0.2, 0.25) is 0 Å². The van der Waals surface area contributed by atoms with Crippen LogP contribution in [-0.2, 0) is 4.79 Å². The van der Waals surface area contributed by atoms with Gasteiger partial charge >= 0.3 is 5.97 Å². The van der Waals surface area contributed by atoms with Gasteiger partial charge in [0.25, 0.3) is 11.8 Å². The second kappa shape index (κ2) is 10.1. The molecule has 1 aliphatic heterocycles. The van der Waals surface area contributed by atoms with Crippen LogP contribution in [0.4, 0.5) is 0 Å². The molecule has 0 fully saturated rings. The van der Waals surface area contributed by atoms with Gasteiger partial charge in [0, 0.05) is 18.8 Å². The molecule has 3 rings (SSSR count). The molecule has 0 saturated heterocycles. The molecule has 1 aromatic heterocycles. The number of rotatable bonds is 6. The molecule has 2 unspecified atom stereocenters. The van der Waals surface area contributed by atoms with Crippen LogP contribution in [0.5, 0.6) is 0 Å². The van der Waals surface area contributed by atoms with Crippen LogP contribution in [0.3, 0.4) is 0 Å². The number of benzene rings is 1. The van der Waals surface area contributed by atoms with Crippen molar-refractivity contribution in [2.45, 2.75) is 18.6 Å². The van der Waals surface area contributed by atoms with E-state index in [4.69, 9.17) is 40.5 Å². The number of aromatic nitrogens is 1. The molecule has 0 bridgehead atoms. The van der Waals surface area contributed by atoms with Gasteiger partial charge in [-0.2, -0.15) is 0 Å². The SMILES string of the molecule is NC1C=CC(CC(NC(=O)c2cccnc2Cl)C(=O)O)=CN1C(=O)c1cccc(Cl)c1Cl. The molecule has 0 aliphatic carbocycles. The fourth-order valence-electron chi connectivity index (χ4n) is 2.97. The van der Waals surface area contributed by atoms with Crippen LogP contribution >= 0.6 is 34.8 Å². The molecule has 2 aromatic rings. The maximum Gasteiger partial charge on any atom is 0.326 e. The van der Waals surface area contributed by atoms with Gasteiger partial charge in [-0.05, 0) is 35.9 Å². The van der Waals surface area contributed by atoms with Crippen LogP contribution in [0, 0.1) is 0 Å². The van der Waals surface area contributed by atoms with Crippen molar-refractivity contribution in [2.24, 2.45) is 5.73 Å². The summed E-state index contributed by atoms with van der Waals surface area (Å²) in [5.74, 6) is -2.46. The Morgan fingerprint density at radius 2 is 1.88 bits per heavy atom. The number of halogens is 3. The lowest BCUT2D eigenvalue weighted by Gasteiger charge is -2.28. The van der Waals surface area contributed by atoms with Crippen molar-refractivity contribution < 1.29 is 19.5 Å². The first kappa shape index (κ1) is 23.7. The zero-order valence-electron chi connectivity index (χ0n) is 16.3. The monoisotopic (exact) mass is 494 g/mol. The van der Waals surface area contributed by atoms with E-state index >= 15 is 0 Å². The zero-order chi connectivity index (χ0) is 23.4. The lowest BCUT2D eigenvalue weighted by Crippen LogP contribution is -2.44. The number of carbonyl (C=O) groups excluding carboxylic acids is 2. The summed E-state index contributed by atoms with van der Waals surface area (Å²) in [5, 5.41) is 12.3. The Hall–Kier alpha value is -2.91. The van der Waals surface area contributed by atoms with Gasteiger partial charge < -0.3 is 16.2 Å². The minimum absolute atomic E-state index is 0.0445. The fraction of sp³-hybridized carbons (Fsp3) is 0.143. The van der Waals surface area contributed by atoms with Crippen molar-refractivity contribution in [3.8, 4) is 0 Å². The summed E-state index contributed by atoms with van der Waals surface area (Å²) in [6.45, 7) is 0. The highest BCUT2D eigenvalue weighted by Crippen LogP contribution is 2.28. The standard InChI is InChI=1S/C21H17Cl3N4O4/c22-14-5-1-3-12(17(14)23)20(30)28-10-11(6-7-16(28)25)9-15(21(31)32)27-19(29)13-4-2-8-26-18(13)24/h1-8,10,15-16H,9,25H2,(H,27,29)(H,31,32). The summed E-state index contributed by atoms with van der Waals surface area (Å²) < 4.78 is 0. The predicted molar refractivity (Wildman–Crippen MR) is 121 cm³/mol. The molecule has 2 heterocycles. The maximum atomic E-state index is 13.0. The smallest absolute Gasteiger partial charge is 0.326 e. The highest BCUT2D eigenvalue weighted by molar-refractivity contribution is 6.43. The van der Waals surface area contributed by atoms with Crippen LogP contribution in [0.2, 0.25) is 15.2 Å². The van der Waals surface area contributed by atoms with Gasteiger partial charge in [-0.1, -0.05) is 46.9 Å². The van der Waals surface area contributed by atoms with E-state index in [2.05, 4.69) is 10.3 Å². The van der Waals surface area contributed by atoms with Crippen molar-refractivity contribution in [2.75, 3.05) is 0 Å². The molecule has 1 aliphatic rings. The predicted octanol–water partition coefficient (Wildman–Crippen LogP) is 3.50. The normalized spacial score (nSPS) is 16.3. The van der Waals surface area contributed by atoms with Crippen LogP contribution < -0.4 is 11.1 Å². The summed E-state index contributed by atoms with van der Waals surface area (Å²) >= 11 is 18.0. The molecule has 0 saturated carbocycles. The highest BCUT2D eigenvalue weighted by Gasteiger charge is 2.27. The quantitative estimate of drug-likeness (QED) is 0.527. The number of aliphatic carboxylic acids is 1. The number of pyridine rings is 1. The molecule has 0 spiro atoms. The van der Waals surface area contributed by atoms with E-state index in [1.54, 1.807) is 18.2 Å². The van der Waals surface area contributed by atoms with E-state index in [0.717, 1.165) is 0 Å². The summed E-state index contributed by atoms with van der Waals surface area (Å²) in [7, 11) is 0. The number of allylic oxidation sites excluding steroid dienone is 1. The average Bonchev–Trinajstić information content (AvgIpc) is 2.76. The molecule has 11 heteroatoms. The van der Waals surface area contributed by atoms with Gasteiger partial charge in [0.1, 0.15) is 17.4 Å². The number of nitrogens with two attached hydrogens (primary N) is 1. The molecular formula is C21H17Cl3N4O4. The molecule has 1 aromatic carbocycles. The van der Waals surface area contributed by atoms with Crippen molar-refractivity contribution in [3.63, 3.8) is 0 Å². The van der Waals surface area contributed by atoms with E-state index in [0.29, 0.717) is 5.57 Å². The largest absolute Gasteiger partial charge is 0.480 e. The first-order valence-electron chi connectivity index (χ1n) is 9.24. The molecule has 0 radical (unpaired) electrons. The molecule has 2 atom stereocenters. The third kappa shape index (κ3) is 5.28. The van der Waals surface area contributed by atoms with Crippen LogP contribution in [0.1, 0.15) is 27.1 Å². The molecular weight excluding hydrogens is 479 g/mol. The summed E-state index contributed by atoms with van der Waals surface area (Å²) in [6.07, 6.45) is 5.04. The number of carboxylic acid groups (broad SMARTS) is 1. The Kier molecular flexibility index (Phi) is 7.52. The van der Waals surface area contributed by atoms with Gasteiger partial charge in [-0.15, -0.1) is 0 Å². The summed E-state index contributed by atoms with van der Waals surface area (Å²) in [6, 6.07) is 6.28. The molecule has 8 nitrogen and oxygen atoms in total. The minimum Gasteiger partial charge on any atom is -0.480 e. The van der Waals surface area contributed by atoms with Gasteiger partial charge in [-0.3, -0.25) is 14.5 Å². The van der Waals surface area contributed by atoms with Gasteiger partial charge in [0.15, 0.2) is 0 Å². The van der Waals surface area contributed by atoms with E-state index in [1.165, 1.54) is 41.6 Å². The molecule has 2 amide bonds. The number of amides is 2. The molecule has 4 N–H and O–H groups in total. The Labute approximate surface area is 198 Å². The lowest BCUT2D eigenvalue weighted by atomic mass is 10.0. The van der Waals surface area contributed by atoms with E-state index in [9.17, 15) is 19.5 Å². The lowest BCUT2D eigenvalue weighted by molar-refractivity contribution is -0.139. The summed E-state index contributed by atoms with van der Waals surface area (Å²) in [5.41, 5.74) is 6.66. The van der Waals surface area contributed by atoms with Crippen molar-refractivity contribution in [1.29, 1.82) is 0 Å². The van der Waals surface area contributed by atoms with Crippen LogP contribution in [0.25, 0.3) is 0 Å². The molecule has 166 valence electrons. The highest BCUT2D eigenvalue weighted by atomic mass is 35.5. The topological polar surface area (TPSA) is 126 Å². The fourth-order valence-corrected chi connectivity index (χ4v) is 3.56. The summed E-state index contributed by atoms with van der Waals surface area (Å²) in [4.78, 5) is 42.2. The Morgan fingerprint density at radius 3 is 2.56 bits per heavy atom. The number of nitrogens with one attached hydrogen (secondary N) is 1. The Balaban J connectivity index is 1.81. The second-order valence-electron chi connectivity index (χ2n) is 6.78. The zero-order valence-corrected chi connectivity index (χ0v) is 18.6. The van der Waals surface area contributed by atoms with E-state index in [-0.39, 0.29) is 32.7 Å². The van der Waals surface area contributed by atoms with E-state index in [1.807, 2.05) is 0 Å². The van der Waals surface area contributed by atoms with E-state index < -0.39 is 30.0 Å². The van der Waals surface area contributed by atoms with Crippen LogP contribution in [-0.4, -0.2) is 45.0 Å². The Morgan fingerprint density at radius 1 is 1.16 bits per heavy atom. The average molecular weight is 496 g/mol. The maximum absolute atomic E-state index is 13.0. The van der Waals surface area contributed by atoms with Gasteiger partial charge in [-0.25, -0.2) is 9.78 Å². The van der Waals surface area contributed by atoms with Crippen molar-refractivity contribution >= 4 is 52.6 Å². The first-order valence-corrected chi connectivity index (χ1v) is 10.4. The number of hydrogen-bond acceptors (Lipinski definition) is 5.